The molecule has 0 spiro atoms. The van der Waals surface area contributed by atoms with E-state index in [1.165, 1.54) is 11.8 Å². The molecule has 29 heavy (non-hydrogen) atoms. The second-order valence-electron chi connectivity index (χ2n) is 7.24. The van der Waals surface area contributed by atoms with E-state index in [2.05, 4.69) is 5.32 Å². The first-order valence-electron chi connectivity index (χ1n) is 9.12. The summed E-state index contributed by atoms with van der Waals surface area (Å²) >= 11 is 0. The Hall–Kier alpha value is -2.56. The molecule has 0 aromatic heterocycles. The highest BCUT2D eigenvalue weighted by atomic mass is 32.2. The van der Waals surface area contributed by atoms with Gasteiger partial charge in [-0.05, 0) is 19.1 Å². The molecule has 3 rings (SSSR count). The summed E-state index contributed by atoms with van der Waals surface area (Å²) in [6, 6.07) is 1.82. The molecule has 2 heterocycles. The minimum absolute atomic E-state index is 0.0291. The van der Waals surface area contributed by atoms with Gasteiger partial charge < -0.3 is 15.1 Å². The smallest absolute Gasteiger partial charge is 0.244 e. The first-order valence-corrected chi connectivity index (χ1v) is 10.9. The summed E-state index contributed by atoms with van der Waals surface area (Å²) in [5.74, 6) is -4.04. The molecule has 0 aliphatic carbocycles. The molecule has 1 aromatic rings. The fourth-order valence-electron chi connectivity index (χ4n) is 3.43. The summed E-state index contributed by atoms with van der Waals surface area (Å²) in [5.41, 5.74) is 0.0291. The molecule has 1 aromatic carbocycles. The van der Waals surface area contributed by atoms with Crippen molar-refractivity contribution in [3.8, 4) is 0 Å². The number of amides is 3. The topological polar surface area (TPSA) is 104 Å². The van der Waals surface area contributed by atoms with E-state index in [0.29, 0.717) is 6.07 Å². The highest BCUT2D eigenvalue weighted by Crippen LogP contribution is 2.26. The lowest BCUT2D eigenvalue weighted by Gasteiger charge is -2.29. The van der Waals surface area contributed by atoms with Crippen LogP contribution >= 0.6 is 0 Å². The molecule has 2 atom stereocenters. The Balaban J connectivity index is 1.59. The van der Waals surface area contributed by atoms with E-state index < -0.39 is 51.2 Å². The molecule has 2 aliphatic rings. The maximum Gasteiger partial charge on any atom is 0.244 e. The van der Waals surface area contributed by atoms with Crippen LogP contribution in [-0.2, 0) is 24.2 Å². The van der Waals surface area contributed by atoms with Crippen molar-refractivity contribution in [3.63, 3.8) is 0 Å². The van der Waals surface area contributed by atoms with Gasteiger partial charge in [-0.25, -0.2) is 17.2 Å². The molecular weight excluding hydrogens is 408 g/mol. The monoisotopic (exact) mass is 429 g/mol. The molecule has 158 valence electrons. The molecule has 0 radical (unpaired) electrons. The van der Waals surface area contributed by atoms with E-state index in [1.807, 2.05) is 0 Å². The summed E-state index contributed by atoms with van der Waals surface area (Å²) < 4.78 is 49.8. The number of hydrogen-bond acceptors (Lipinski definition) is 5. The fourth-order valence-corrected chi connectivity index (χ4v) is 4.63. The molecule has 1 N–H and O–H groups in total. The van der Waals surface area contributed by atoms with Gasteiger partial charge in [0.05, 0.1) is 17.4 Å². The van der Waals surface area contributed by atoms with Crippen molar-refractivity contribution in [2.75, 3.05) is 36.0 Å². The van der Waals surface area contributed by atoms with E-state index in [9.17, 15) is 31.6 Å². The van der Waals surface area contributed by atoms with Gasteiger partial charge in [-0.3, -0.25) is 14.4 Å². The Morgan fingerprint density at radius 2 is 1.72 bits per heavy atom. The first-order chi connectivity index (χ1) is 13.6. The van der Waals surface area contributed by atoms with Crippen molar-refractivity contribution in [1.29, 1.82) is 0 Å². The molecule has 2 saturated heterocycles. The van der Waals surface area contributed by atoms with Gasteiger partial charge in [-0.1, -0.05) is 0 Å². The van der Waals surface area contributed by atoms with Crippen molar-refractivity contribution in [2.24, 2.45) is 5.92 Å². The Morgan fingerprint density at radius 3 is 2.31 bits per heavy atom. The lowest BCUT2D eigenvalue weighted by atomic mass is 10.1. The minimum atomic E-state index is -3.13. The van der Waals surface area contributed by atoms with Crippen LogP contribution in [0.2, 0.25) is 0 Å². The SMILES string of the molecule is CC(NC(=O)C1CC(=O)N(c2cc(F)cc(F)c2)C1)C(=O)N1CCS(=O)(=O)CC1. The van der Waals surface area contributed by atoms with Gasteiger partial charge in [-0.15, -0.1) is 0 Å². The van der Waals surface area contributed by atoms with Crippen LogP contribution in [0.3, 0.4) is 0 Å². The van der Waals surface area contributed by atoms with Crippen LogP contribution in [0, 0.1) is 17.6 Å². The molecule has 2 unspecified atom stereocenters. The van der Waals surface area contributed by atoms with Crippen molar-refractivity contribution in [1.82, 2.24) is 10.2 Å². The maximum atomic E-state index is 13.4. The van der Waals surface area contributed by atoms with E-state index in [-0.39, 0.29) is 43.2 Å². The number of rotatable bonds is 4. The van der Waals surface area contributed by atoms with Gasteiger partial charge in [-0.2, -0.15) is 0 Å². The number of halogens is 2. The standard InChI is InChI=1S/C18H21F2N3O5S/c1-11(18(26)22-2-4-29(27,28)5-3-22)21-17(25)12-6-16(24)23(10-12)15-8-13(19)7-14(20)9-15/h7-9,11-12H,2-6,10H2,1H3,(H,21,25). The number of benzene rings is 1. The van der Waals surface area contributed by atoms with E-state index in [4.69, 9.17) is 0 Å². The predicted octanol–water partition coefficient (Wildman–Crippen LogP) is 0.0794. The zero-order chi connectivity index (χ0) is 21.3. The third-order valence-electron chi connectivity index (χ3n) is 5.04. The van der Waals surface area contributed by atoms with Crippen LogP contribution < -0.4 is 10.2 Å². The third-order valence-corrected chi connectivity index (χ3v) is 6.65. The summed E-state index contributed by atoms with van der Waals surface area (Å²) in [5, 5.41) is 2.55. The number of sulfone groups is 1. The highest BCUT2D eigenvalue weighted by Gasteiger charge is 2.37. The third kappa shape index (κ3) is 4.89. The van der Waals surface area contributed by atoms with Crippen molar-refractivity contribution in [2.45, 2.75) is 19.4 Å². The fraction of sp³-hybridized carbons (Fsp3) is 0.500. The lowest BCUT2D eigenvalue weighted by Crippen LogP contribution is -2.52. The van der Waals surface area contributed by atoms with Crippen molar-refractivity contribution < 1.29 is 31.6 Å². The molecule has 8 nitrogen and oxygen atoms in total. The largest absolute Gasteiger partial charge is 0.344 e. The van der Waals surface area contributed by atoms with E-state index in [0.717, 1.165) is 17.0 Å². The van der Waals surface area contributed by atoms with Crippen molar-refractivity contribution in [3.05, 3.63) is 29.8 Å². The second-order valence-corrected chi connectivity index (χ2v) is 9.54. The first kappa shape index (κ1) is 21.2. The number of anilines is 1. The molecule has 0 saturated carbocycles. The van der Waals surface area contributed by atoms with E-state index >= 15 is 0 Å². The number of nitrogens with one attached hydrogen (secondary N) is 1. The molecule has 2 fully saturated rings. The summed E-state index contributed by atoms with van der Waals surface area (Å²) in [6.45, 7) is 1.57. The van der Waals surface area contributed by atoms with E-state index in [1.54, 1.807) is 0 Å². The normalized spacial score (nSPS) is 22.4. The van der Waals surface area contributed by atoms with Crippen LogP contribution in [-0.4, -0.2) is 68.2 Å². The number of carbonyl (C=O) groups is 3. The Labute approximate surface area is 166 Å². The van der Waals surface area contributed by atoms with Crippen LogP contribution in [0.25, 0.3) is 0 Å². The van der Waals surface area contributed by atoms with Gasteiger partial charge in [0.15, 0.2) is 9.84 Å². The van der Waals surface area contributed by atoms with Gasteiger partial charge in [0, 0.05) is 37.8 Å². The van der Waals surface area contributed by atoms with Gasteiger partial charge in [0.2, 0.25) is 17.7 Å². The van der Waals surface area contributed by atoms with Gasteiger partial charge >= 0.3 is 0 Å². The molecule has 2 aliphatic heterocycles. The van der Waals surface area contributed by atoms with Crippen LogP contribution in [0.15, 0.2) is 18.2 Å². The summed E-state index contributed by atoms with van der Waals surface area (Å²) in [4.78, 5) is 39.7. The number of nitrogens with zero attached hydrogens (tertiary/aromatic N) is 2. The molecule has 3 amide bonds. The van der Waals surface area contributed by atoms with Gasteiger partial charge in [0.25, 0.3) is 0 Å². The Morgan fingerprint density at radius 1 is 1.14 bits per heavy atom. The van der Waals surface area contributed by atoms with Crippen LogP contribution in [0.4, 0.5) is 14.5 Å². The predicted molar refractivity (Wildman–Crippen MR) is 99.7 cm³/mol. The minimum Gasteiger partial charge on any atom is -0.344 e. The maximum absolute atomic E-state index is 13.4. The van der Waals surface area contributed by atoms with Gasteiger partial charge in [0.1, 0.15) is 17.7 Å². The van der Waals surface area contributed by atoms with Crippen LogP contribution in [0.1, 0.15) is 13.3 Å². The molecule has 11 heteroatoms. The van der Waals surface area contributed by atoms with Crippen molar-refractivity contribution >= 4 is 33.2 Å². The Kier molecular flexibility index (Phi) is 5.87. The molecule has 0 bridgehead atoms. The summed E-state index contributed by atoms with van der Waals surface area (Å²) in [6.07, 6.45) is -0.146. The quantitative estimate of drug-likeness (QED) is 0.730. The van der Waals surface area contributed by atoms with Crippen LogP contribution in [0.5, 0.6) is 0 Å². The zero-order valence-electron chi connectivity index (χ0n) is 15.7. The Bertz CT molecular complexity index is 919. The number of hydrogen-bond donors (Lipinski definition) is 1. The number of carbonyl (C=O) groups excluding carboxylic acids is 3. The average Bonchev–Trinajstić information content (AvgIpc) is 3.02. The zero-order valence-corrected chi connectivity index (χ0v) is 16.5. The average molecular weight is 429 g/mol. The highest BCUT2D eigenvalue weighted by molar-refractivity contribution is 7.91. The summed E-state index contributed by atoms with van der Waals surface area (Å²) in [7, 11) is -3.13. The molecular formula is C18H21F2N3O5S. The second kappa shape index (κ2) is 8.05. The lowest BCUT2D eigenvalue weighted by molar-refractivity contribution is -0.136.